The first-order valence-corrected chi connectivity index (χ1v) is 9.57. The predicted octanol–water partition coefficient (Wildman–Crippen LogP) is 3.55. The number of anilines is 1. The van der Waals surface area contributed by atoms with Crippen LogP contribution in [0, 0.1) is 17.1 Å². The molecular formula is C24H23FN3O+. The number of nitriles is 1. The molecule has 146 valence electrons. The Kier molecular flexibility index (Phi) is 6.72. The fourth-order valence-corrected chi connectivity index (χ4v) is 3.24. The van der Waals surface area contributed by atoms with Crippen LogP contribution < -0.4 is 10.6 Å². The molecular weight excluding hydrogens is 365 g/mol. The Bertz CT molecular complexity index is 1020. The van der Waals surface area contributed by atoms with Gasteiger partial charge >= 0.3 is 0 Å². The molecule has 3 aromatic carbocycles. The maximum absolute atomic E-state index is 13.8. The Morgan fingerprint density at radius 2 is 1.83 bits per heavy atom. The van der Waals surface area contributed by atoms with Crippen LogP contribution in [0.2, 0.25) is 0 Å². The van der Waals surface area contributed by atoms with Gasteiger partial charge in [0, 0.05) is 11.1 Å². The molecule has 0 bridgehead atoms. The summed E-state index contributed by atoms with van der Waals surface area (Å²) in [6, 6.07) is 23.3. The van der Waals surface area contributed by atoms with Gasteiger partial charge in [-0.2, -0.15) is 5.26 Å². The molecule has 3 N–H and O–H groups in total. The number of nitrogens with zero attached hydrogens (tertiary/aromatic N) is 1. The van der Waals surface area contributed by atoms with E-state index in [-0.39, 0.29) is 24.3 Å². The Balaban J connectivity index is 1.78. The largest absolute Gasteiger partial charge is 0.328 e. The van der Waals surface area contributed by atoms with Gasteiger partial charge in [-0.1, -0.05) is 55.5 Å². The zero-order valence-electron chi connectivity index (χ0n) is 16.2. The van der Waals surface area contributed by atoms with Crippen molar-refractivity contribution in [3.8, 4) is 6.07 Å². The van der Waals surface area contributed by atoms with Gasteiger partial charge in [0.05, 0.1) is 11.3 Å². The van der Waals surface area contributed by atoms with Crippen LogP contribution in [0.4, 0.5) is 10.1 Å². The molecule has 3 rings (SSSR count). The van der Waals surface area contributed by atoms with E-state index in [1.165, 1.54) is 17.7 Å². The number of benzene rings is 3. The van der Waals surface area contributed by atoms with E-state index in [1.807, 2.05) is 23.5 Å². The average molecular weight is 388 g/mol. The number of amides is 1. The normalized spacial score (nSPS) is 11.5. The van der Waals surface area contributed by atoms with Crippen LogP contribution in [0.5, 0.6) is 0 Å². The summed E-state index contributed by atoms with van der Waals surface area (Å²) in [5.41, 5.74) is 3.91. The Morgan fingerprint density at radius 3 is 2.52 bits per heavy atom. The molecule has 0 saturated carbocycles. The van der Waals surface area contributed by atoms with E-state index in [2.05, 4.69) is 30.4 Å². The van der Waals surface area contributed by atoms with E-state index in [0.29, 0.717) is 11.3 Å². The summed E-state index contributed by atoms with van der Waals surface area (Å²) in [7, 11) is 0. The number of aryl methyl sites for hydroxylation is 1. The number of nitrogens with one attached hydrogen (secondary N) is 1. The van der Waals surface area contributed by atoms with Crippen LogP contribution in [-0.4, -0.2) is 12.5 Å². The molecule has 0 aliphatic heterocycles. The molecule has 0 spiro atoms. The van der Waals surface area contributed by atoms with Crippen molar-refractivity contribution in [3.05, 3.63) is 101 Å². The van der Waals surface area contributed by atoms with E-state index in [0.717, 1.165) is 17.5 Å². The van der Waals surface area contributed by atoms with Crippen molar-refractivity contribution in [3.63, 3.8) is 0 Å². The molecule has 5 heteroatoms. The van der Waals surface area contributed by atoms with Crippen molar-refractivity contribution < 1.29 is 14.5 Å². The van der Waals surface area contributed by atoms with E-state index >= 15 is 0 Å². The second-order valence-corrected chi connectivity index (χ2v) is 6.77. The summed E-state index contributed by atoms with van der Waals surface area (Å²) in [6.45, 7) is 2.23. The van der Waals surface area contributed by atoms with E-state index in [1.54, 1.807) is 30.3 Å². The van der Waals surface area contributed by atoms with Crippen molar-refractivity contribution in [1.82, 2.24) is 0 Å². The summed E-state index contributed by atoms with van der Waals surface area (Å²) in [6.07, 6.45) is 0.940. The molecule has 1 amide bonds. The van der Waals surface area contributed by atoms with Crippen molar-refractivity contribution in [2.75, 3.05) is 11.9 Å². The minimum Gasteiger partial charge on any atom is -0.328 e. The molecule has 0 aromatic heterocycles. The van der Waals surface area contributed by atoms with Gasteiger partial charge in [-0.25, -0.2) is 4.39 Å². The van der Waals surface area contributed by atoms with Crippen LogP contribution >= 0.6 is 0 Å². The van der Waals surface area contributed by atoms with Gasteiger partial charge in [-0.3, -0.25) is 4.79 Å². The Labute approximate surface area is 170 Å². The minimum atomic E-state index is -0.307. The molecule has 4 nitrogen and oxygen atoms in total. The maximum atomic E-state index is 13.8. The lowest BCUT2D eigenvalue weighted by Crippen LogP contribution is -2.87. The first-order valence-electron chi connectivity index (χ1n) is 9.57. The molecule has 0 fully saturated rings. The summed E-state index contributed by atoms with van der Waals surface area (Å²) in [4.78, 5) is 12.5. The number of quaternary nitrogens is 1. The predicted molar refractivity (Wildman–Crippen MR) is 111 cm³/mol. The van der Waals surface area contributed by atoms with Gasteiger partial charge in [0.1, 0.15) is 17.9 Å². The Hall–Kier alpha value is -3.49. The highest BCUT2D eigenvalue weighted by molar-refractivity contribution is 5.92. The number of carbonyl (C=O) groups excluding carboxylic acids is 1. The molecule has 0 aliphatic carbocycles. The van der Waals surface area contributed by atoms with Gasteiger partial charge in [0.2, 0.25) is 0 Å². The monoisotopic (exact) mass is 388 g/mol. The van der Waals surface area contributed by atoms with Crippen molar-refractivity contribution >= 4 is 11.6 Å². The van der Waals surface area contributed by atoms with Crippen LogP contribution in [0.3, 0.4) is 0 Å². The van der Waals surface area contributed by atoms with Crippen LogP contribution in [0.1, 0.15) is 35.2 Å². The number of hydrogen-bond donors (Lipinski definition) is 2. The second-order valence-electron chi connectivity index (χ2n) is 6.77. The SMILES string of the molecule is CCc1ccc([C@H]([NH2+]CC(=O)Nc2ccccc2C#N)c2cccc(F)c2)cc1. The van der Waals surface area contributed by atoms with Crippen molar-refractivity contribution in [2.24, 2.45) is 0 Å². The van der Waals surface area contributed by atoms with Crippen molar-refractivity contribution in [2.45, 2.75) is 19.4 Å². The third-order valence-corrected chi connectivity index (χ3v) is 4.82. The summed E-state index contributed by atoms with van der Waals surface area (Å²) < 4.78 is 13.8. The van der Waals surface area contributed by atoms with Gasteiger partial charge in [-0.05, 0) is 36.2 Å². The maximum Gasteiger partial charge on any atom is 0.279 e. The van der Waals surface area contributed by atoms with Gasteiger partial charge < -0.3 is 10.6 Å². The number of carbonyl (C=O) groups is 1. The van der Waals surface area contributed by atoms with Crippen LogP contribution in [0.15, 0.2) is 72.8 Å². The molecule has 0 aliphatic rings. The molecule has 0 unspecified atom stereocenters. The minimum absolute atomic E-state index is 0.135. The molecule has 0 radical (unpaired) electrons. The highest BCUT2D eigenvalue weighted by atomic mass is 19.1. The van der Waals surface area contributed by atoms with E-state index < -0.39 is 0 Å². The summed E-state index contributed by atoms with van der Waals surface area (Å²) >= 11 is 0. The molecule has 29 heavy (non-hydrogen) atoms. The lowest BCUT2D eigenvalue weighted by Gasteiger charge is -2.17. The zero-order valence-corrected chi connectivity index (χ0v) is 16.2. The van der Waals surface area contributed by atoms with Gasteiger partial charge in [0.25, 0.3) is 5.91 Å². The third-order valence-electron chi connectivity index (χ3n) is 4.82. The third kappa shape index (κ3) is 5.28. The summed E-state index contributed by atoms with van der Waals surface area (Å²) in [5, 5.41) is 13.8. The van der Waals surface area contributed by atoms with Gasteiger partial charge in [-0.15, -0.1) is 0 Å². The zero-order chi connectivity index (χ0) is 20.6. The summed E-state index contributed by atoms with van der Waals surface area (Å²) in [5.74, 6) is -0.530. The number of hydrogen-bond acceptors (Lipinski definition) is 2. The topological polar surface area (TPSA) is 69.5 Å². The lowest BCUT2D eigenvalue weighted by molar-refractivity contribution is -0.676. The van der Waals surface area contributed by atoms with Gasteiger partial charge in [0.15, 0.2) is 6.54 Å². The van der Waals surface area contributed by atoms with E-state index in [4.69, 9.17) is 0 Å². The molecule has 3 aromatic rings. The first kappa shape index (κ1) is 20.2. The number of nitrogens with two attached hydrogens (primary N) is 1. The fraction of sp³-hybridized carbons (Fsp3) is 0.167. The van der Waals surface area contributed by atoms with Crippen LogP contribution in [0.25, 0.3) is 0 Å². The highest BCUT2D eigenvalue weighted by Gasteiger charge is 2.20. The number of rotatable bonds is 7. The second kappa shape index (κ2) is 9.63. The average Bonchev–Trinajstić information content (AvgIpc) is 2.75. The Morgan fingerprint density at radius 1 is 1.07 bits per heavy atom. The smallest absolute Gasteiger partial charge is 0.279 e. The lowest BCUT2D eigenvalue weighted by atomic mass is 9.97. The van der Waals surface area contributed by atoms with Crippen molar-refractivity contribution in [1.29, 1.82) is 5.26 Å². The van der Waals surface area contributed by atoms with E-state index in [9.17, 15) is 14.4 Å². The molecule has 0 heterocycles. The number of halogens is 1. The molecule has 1 atom stereocenters. The quantitative estimate of drug-likeness (QED) is 0.650. The first-order chi connectivity index (χ1) is 14.1. The molecule has 0 saturated heterocycles. The highest BCUT2D eigenvalue weighted by Crippen LogP contribution is 2.20. The van der Waals surface area contributed by atoms with Crippen LogP contribution in [-0.2, 0) is 11.2 Å². The standard InChI is InChI=1S/C24H22FN3O/c1-2-17-10-12-18(13-11-17)24(19-7-5-8-21(25)14-19)27-16-23(29)28-22-9-4-3-6-20(22)15-26/h3-14,24,27H,2,16H2,1H3,(H,28,29)/p+1/t24-/m0/s1. The number of para-hydroxylation sites is 1. The fourth-order valence-electron chi connectivity index (χ4n) is 3.24.